The zero-order valence-electron chi connectivity index (χ0n) is 7.79. The standard InChI is InChI=1S/C12H15N/c1-10-12(8-5-9-13-10)11-6-3-2-4-7-11/h2-4,6-7,12-13H,1,5,8-9H2. The van der Waals surface area contributed by atoms with Crippen LogP contribution in [0.1, 0.15) is 24.3 Å². The number of hydrogen-bond donors (Lipinski definition) is 1. The summed E-state index contributed by atoms with van der Waals surface area (Å²) in [6, 6.07) is 10.6. The van der Waals surface area contributed by atoms with Crippen LogP contribution >= 0.6 is 0 Å². The van der Waals surface area contributed by atoms with Gasteiger partial charge in [0, 0.05) is 18.2 Å². The maximum atomic E-state index is 4.06. The van der Waals surface area contributed by atoms with Crippen LogP contribution < -0.4 is 5.32 Å². The first kappa shape index (κ1) is 8.36. The minimum absolute atomic E-state index is 0.523. The highest BCUT2D eigenvalue weighted by Crippen LogP contribution is 2.28. The van der Waals surface area contributed by atoms with Crippen molar-refractivity contribution in [3.05, 3.63) is 48.2 Å². The Morgan fingerprint density at radius 1 is 1.23 bits per heavy atom. The fourth-order valence-corrected chi connectivity index (χ4v) is 1.91. The van der Waals surface area contributed by atoms with Crippen LogP contribution in [0.5, 0.6) is 0 Å². The molecule has 1 unspecified atom stereocenters. The molecule has 1 aliphatic rings. The van der Waals surface area contributed by atoms with Gasteiger partial charge in [-0.15, -0.1) is 0 Å². The van der Waals surface area contributed by atoms with Gasteiger partial charge >= 0.3 is 0 Å². The molecule has 0 aliphatic carbocycles. The summed E-state index contributed by atoms with van der Waals surface area (Å²) in [4.78, 5) is 0. The lowest BCUT2D eigenvalue weighted by atomic mass is 9.89. The number of piperidine rings is 1. The second-order valence-electron chi connectivity index (χ2n) is 3.56. The van der Waals surface area contributed by atoms with Crippen molar-refractivity contribution >= 4 is 0 Å². The van der Waals surface area contributed by atoms with Gasteiger partial charge in [-0.1, -0.05) is 36.9 Å². The van der Waals surface area contributed by atoms with Gasteiger partial charge in [0.25, 0.3) is 0 Å². The summed E-state index contributed by atoms with van der Waals surface area (Å²) in [5.41, 5.74) is 2.57. The van der Waals surface area contributed by atoms with Crippen molar-refractivity contribution in [2.75, 3.05) is 6.54 Å². The molecule has 1 aromatic rings. The third-order valence-corrected chi connectivity index (χ3v) is 2.64. The van der Waals surface area contributed by atoms with E-state index in [1.807, 2.05) is 0 Å². The second kappa shape index (κ2) is 3.65. The lowest BCUT2D eigenvalue weighted by Gasteiger charge is -2.26. The molecule has 1 heterocycles. The van der Waals surface area contributed by atoms with Crippen molar-refractivity contribution < 1.29 is 0 Å². The van der Waals surface area contributed by atoms with Gasteiger partial charge in [0.15, 0.2) is 0 Å². The van der Waals surface area contributed by atoms with Crippen molar-refractivity contribution in [3.63, 3.8) is 0 Å². The number of allylic oxidation sites excluding steroid dienone is 1. The maximum absolute atomic E-state index is 4.06. The molecule has 1 atom stereocenters. The van der Waals surface area contributed by atoms with Crippen LogP contribution in [0.3, 0.4) is 0 Å². The normalized spacial score (nSPS) is 22.5. The fourth-order valence-electron chi connectivity index (χ4n) is 1.91. The van der Waals surface area contributed by atoms with Gasteiger partial charge in [-0.3, -0.25) is 0 Å². The zero-order valence-corrected chi connectivity index (χ0v) is 7.79. The van der Waals surface area contributed by atoms with Crippen molar-refractivity contribution in [2.45, 2.75) is 18.8 Å². The van der Waals surface area contributed by atoms with E-state index >= 15 is 0 Å². The summed E-state index contributed by atoms with van der Waals surface area (Å²) in [7, 11) is 0. The van der Waals surface area contributed by atoms with Crippen LogP contribution in [0, 0.1) is 0 Å². The number of nitrogens with one attached hydrogen (secondary N) is 1. The van der Waals surface area contributed by atoms with Crippen LogP contribution in [0.2, 0.25) is 0 Å². The van der Waals surface area contributed by atoms with Gasteiger partial charge in [0.1, 0.15) is 0 Å². The summed E-state index contributed by atoms with van der Waals surface area (Å²) in [5.74, 6) is 0.523. The molecule has 1 aliphatic heterocycles. The molecule has 1 fully saturated rings. The highest BCUT2D eigenvalue weighted by molar-refractivity contribution is 5.27. The van der Waals surface area contributed by atoms with Gasteiger partial charge in [0.2, 0.25) is 0 Å². The Morgan fingerprint density at radius 3 is 2.69 bits per heavy atom. The van der Waals surface area contributed by atoms with E-state index < -0.39 is 0 Å². The molecule has 1 nitrogen and oxygen atoms in total. The van der Waals surface area contributed by atoms with Gasteiger partial charge < -0.3 is 5.32 Å². The Hall–Kier alpha value is -1.24. The Labute approximate surface area is 79.5 Å². The lowest BCUT2D eigenvalue weighted by molar-refractivity contribution is 0.532. The first-order valence-electron chi connectivity index (χ1n) is 4.85. The second-order valence-corrected chi connectivity index (χ2v) is 3.56. The third-order valence-electron chi connectivity index (χ3n) is 2.64. The zero-order chi connectivity index (χ0) is 9.10. The molecule has 68 valence electrons. The molecule has 2 rings (SSSR count). The molecule has 1 N–H and O–H groups in total. The van der Waals surface area contributed by atoms with Crippen LogP contribution in [-0.2, 0) is 0 Å². The molecular formula is C12H15N. The van der Waals surface area contributed by atoms with Gasteiger partial charge in [0.05, 0.1) is 0 Å². The molecule has 0 radical (unpaired) electrons. The smallest absolute Gasteiger partial charge is 0.0232 e. The molecule has 0 saturated carbocycles. The predicted octanol–water partition coefficient (Wildman–Crippen LogP) is 2.67. The third kappa shape index (κ3) is 1.74. The topological polar surface area (TPSA) is 12.0 Å². The molecular weight excluding hydrogens is 158 g/mol. The fraction of sp³-hybridized carbons (Fsp3) is 0.333. The van der Waals surface area contributed by atoms with E-state index in [1.165, 1.54) is 24.1 Å². The number of rotatable bonds is 1. The van der Waals surface area contributed by atoms with Gasteiger partial charge in [-0.2, -0.15) is 0 Å². The minimum atomic E-state index is 0.523. The highest BCUT2D eigenvalue weighted by Gasteiger charge is 2.17. The van der Waals surface area contributed by atoms with Crippen molar-refractivity contribution in [2.24, 2.45) is 0 Å². The van der Waals surface area contributed by atoms with E-state index in [-0.39, 0.29) is 0 Å². The average Bonchev–Trinajstić information content (AvgIpc) is 2.20. The molecule has 0 bridgehead atoms. The van der Waals surface area contributed by atoms with Crippen molar-refractivity contribution in [1.82, 2.24) is 5.32 Å². The van der Waals surface area contributed by atoms with Crippen LogP contribution in [0.4, 0.5) is 0 Å². The average molecular weight is 173 g/mol. The SMILES string of the molecule is C=C1NCCCC1c1ccccc1. The first-order chi connectivity index (χ1) is 6.38. The minimum Gasteiger partial charge on any atom is -0.388 e. The van der Waals surface area contributed by atoms with Crippen LogP contribution in [-0.4, -0.2) is 6.54 Å². The summed E-state index contributed by atoms with van der Waals surface area (Å²) in [5, 5.41) is 3.34. The van der Waals surface area contributed by atoms with Crippen LogP contribution in [0.25, 0.3) is 0 Å². The number of benzene rings is 1. The van der Waals surface area contributed by atoms with E-state index in [4.69, 9.17) is 0 Å². The molecule has 1 saturated heterocycles. The summed E-state index contributed by atoms with van der Waals surface area (Å²) >= 11 is 0. The van der Waals surface area contributed by atoms with E-state index in [1.54, 1.807) is 0 Å². The predicted molar refractivity (Wildman–Crippen MR) is 55.6 cm³/mol. The van der Waals surface area contributed by atoms with Crippen molar-refractivity contribution in [1.29, 1.82) is 0 Å². The van der Waals surface area contributed by atoms with E-state index in [2.05, 4.69) is 42.2 Å². The quantitative estimate of drug-likeness (QED) is 0.688. The monoisotopic (exact) mass is 173 g/mol. The lowest BCUT2D eigenvalue weighted by Crippen LogP contribution is -2.25. The molecule has 0 amide bonds. The van der Waals surface area contributed by atoms with Gasteiger partial charge in [-0.05, 0) is 18.4 Å². The number of hydrogen-bond acceptors (Lipinski definition) is 1. The Morgan fingerprint density at radius 2 is 2.00 bits per heavy atom. The Bertz CT molecular complexity index is 289. The first-order valence-corrected chi connectivity index (χ1v) is 4.85. The summed E-state index contributed by atoms with van der Waals surface area (Å²) in [6.45, 7) is 5.15. The van der Waals surface area contributed by atoms with E-state index in [9.17, 15) is 0 Å². The van der Waals surface area contributed by atoms with Crippen molar-refractivity contribution in [3.8, 4) is 0 Å². The van der Waals surface area contributed by atoms with E-state index in [0.29, 0.717) is 5.92 Å². The Kier molecular flexibility index (Phi) is 2.35. The summed E-state index contributed by atoms with van der Waals surface area (Å²) in [6.07, 6.45) is 2.48. The molecule has 13 heavy (non-hydrogen) atoms. The molecule has 1 heteroatoms. The maximum Gasteiger partial charge on any atom is 0.0232 e. The van der Waals surface area contributed by atoms with Crippen LogP contribution in [0.15, 0.2) is 42.6 Å². The van der Waals surface area contributed by atoms with Gasteiger partial charge in [-0.25, -0.2) is 0 Å². The molecule has 1 aromatic carbocycles. The molecule has 0 spiro atoms. The summed E-state index contributed by atoms with van der Waals surface area (Å²) < 4.78 is 0. The molecule has 0 aromatic heterocycles. The largest absolute Gasteiger partial charge is 0.388 e. The van der Waals surface area contributed by atoms with E-state index in [0.717, 1.165) is 6.54 Å². The Balaban J connectivity index is 2.20. The highest BCUT2D eigenvalue weighted by atomic mass is 14.9.